The molecule has 0 aromatic heterocycles. The molecule has 0 bridgehead atoms. The zero-order valence-electron chi connectivity index (χ0n) is 8.83. The molecule has 14 heavy (non-hydrogen) atoms. The standard InChI is InChI=1S/C11H20N2O/c1-3-8(2)13-11(14)9-6-4-5-7-10(9)12/h3,8-10H,1,4-7,12H2,2H3,(H,13,14). The van der Waals surface area contributed by atoms with Crippen LogP contribution in [0.15, 0.2) is 12.7 Å². The fourth-order valence-electron chi connectivity index (χ4n) is 1.88. The smallest absolute Gasteiger partial charge is 0.225 e. The maximum atomic E-state index is 11.7. The molecule has 1 saturated carbocycles. The van der Waals surface area contributed by atoms with Crippen molar-refractivity contribution in [2.75, 3.05) is 0 Å². The number of hydrogen-bond donors (Lipinski definition) is 2. The molecule has 0 radical (unpaired) electrons. The van der Waals surface area contributed by atoms with Gasteiger partial charge >= 0.3 is 0 Å². The first-order valence-electron chi connectivity index (χ1n) is 5.33. The number of rotatable bonds is 3. The molecule has 1 fully saturated rings. The number of nitrogens with one attached hydrogen (secondary N) is 1. The molecule has 0 aliphatic heterocycles. The van der Waals surface area contributed by atoms with Gasteiger partial charge in [0, 0.05) is 12.1 Å². The van der Waals surface area contributed by atoms with Crippen molar-refractivity contribution in [3.05, 3.63) is 12.7 Å². The van der Waals surface area contributed by atoms with Gasteiger partial charge in [0.1, 0.15) is 0 Å². The normalized spacial score (nSPS) is 29.3. The van der Waals surface area contributed by atoms with Crippen LogP contribution in [0.5, 0.6) is 0 Å². The number of hydrogen-bond acceptors (Lipinski definition) is 2. The summed E-state index contributed by atoms with van der Waals surface area (Å²) in [6.07, 6.45) is 5.90. The summed E-state index contributed by atoms with van der Waals surface area (Å²) in [7, 11) is 0. The molecule has 1 rings (SSSR count). The van der Waals surface area contributed by atoms with E-state index in [2.05, 4.69) is 11.9 Å². The van der Waals surface area contributed by atoms with Crippen LogP contribution in [-0.2, 0) is 4.79 Å². The van der Waals surface area contributed by atoms with Crippen molar-refractivity contribution >= 4 is 5.91 Å². The van der Waals surface area contributed by atoms with Crippen LogP contribution in [0.25, 0.3) is 0 Å². The summed E-state index contributed by atoms with van der Waals surface area (Å²) in [6, 6.07) is 0.0809. The van der Waals surface area contributed by atoms with Gasteiger partial charge < -0.3 is 11.1 Å². The molecule has 1 amide bonds. The highest BCUT2D eigenvalue weighted by atomic mass is 16.2. The highest BCUT2D eigenvalue weighted by Gasteiger charge is 2.28. The van der Waals surface area contributed by atoms with Crippen LogP contribution in [0.3, 0.4) is 0 Å². The largest absolute Gasteiger partial charge is 0.350 e. The van der Waals surface area contributed by atoms with E-state index in [9.17, 15) is 4.79 Å². The van der Waals surface area contributed by atoms with E-state index in [1.807, 2.05) is 6.92 Å². The first-order chi connectivity index (χ1) is 6.65. The maximum Gasteiger partial charge on any atom is 0.225 e. The van der Waals surface area contributed by atoms with Crippen molar-refractivity contribution < 1.29 is 4.79 Å². The van der Waals surface area contributed by atoms with E-state index in [0.717, 1.165) is 25.7 Å². The van der Waals surface area contributed by atoms with Gasteiger partial charge in [-0.05, 0) is 19.8 Å². The van der Waals surface area contributed by atoms with Gasteiger partial charge in [0.15, 0.2) is 0 Å². The summed E-state index contributed by atoms with van der Waals surface area (Å²) >= 11 is 0. The molecule has 3 atom stereocenters. The van der Waals surface area contributed by atoms with E-state index in [1.165, 1.54) is 0 Å². The minimum Gasteiger partial charge on any atom is -0.350 e. The number of carbonyl (C=O) groups excluding carboxylic acids is 1. The molecule has 1 aliphatic carbocycles. The van der Waals surface area contributed by atoms with Crippen molar-refractivity contribution in [3.63, 3.8) is 0 Å². The second-order valence-corrected chi connectivity index (χ2v) is 4.09. The van der Waals surface area contributed by atoms with E-state index >= 15 is 0 Å². The van der Waals surface area contributed by atoms with Gasteiger partial charge in [-0.3, -0.25) is 4.79 Å². The average molecular weight is 196 g/mol. The number of nitrogens with two attached hydrogens (primary N) is 1. The Labute approximate surface area is 85.7 Å². The molecule has 0 spiro atoms. The Bertz CT molecular complexity index is 215. The SMILES string of the molecule is C=CC(C)NC(=O)C1CCCCC1N. The van der Waals surface area contributed by atoms with Crippen molar-refractivity contribution in [2.24, 2.45) is 11.7 Å². The first kappa shape index (κ1) is 11.2. The van der Waals surface area contributed by atoms with Crippen molar-refractivity contribution in [2.45, 2.75) is 44.7 Å². The molecule has 3 nitrogen and oxygen atoms in total. The minimum atomic E-state index is 0.00569. The fraction of sp³-hybridized carbons (Fsp3) is 0.727. The Morgan fingerprint density at radius 1 is 1.57 bits per heavy atom. The highest BCUT2D eigenvalue weighted by Crippen LogP contribution is 2.23. The van der Waals surface area contributed by atoms with Crippen LogP contribution in [0.4, 0.5) is 0 Å². The monoisotopic (exact) mass is 196 g/mol. The summed E-state index contributed by atoms with van der Waals surface area (Å²) in [5, 5.41) is 2.89. The lowest BCUT2D eigenvalue weighted by Gasteiger charge is -2.28. The summed E-state index contributed by atoms with van der Waals surface area (Å²) < 4.78 is 0. The van der Waals surface area contributed by atoms with Gasteiger partial charge in [-0.1, -0.05) is 18.9 Å². The van der Waals surface area contributed by atoms with Crippen LogP contribution in [0, 0.1) is 5.92 Å². The van der Waals surface area contributed by atoms with E-state index in [4.69, 9.17) is 5.73 Å². The summed E-state index contributed by atoms with van der Waals surface area (Å²) in [6.45, 7) is 5.55. The predicted molar refractivity (Wildman–Crippen MR) is 57.7 cm³/mol. The lowest BCUT2D eigenvalue weighted by molar-refractivity contribution is -0.126. The molecule has 0 aromatic rings. The third kappa shape index (κ3) is 2.84. The molecule has 1 aliphatic rings. The molecule has 0 saturated heterocycles. The highest BCUT2D eigenvalue weighted by molar-refractivity contribution is 5.79. The number of amides is 1. The third-order valence-corrected chi connectivity index (χ3v) is 2.88. The van der Waals surface area contributed by atoms with Crippen molar-refractivity contribution in [1.29, 1.82) is 0 Å². The molecule has 3 N–H and O–H groups in total. The summed E-state index contributed by atoms with van der Waals surface area (Å²) in [5.74, 6) is 0.0933. The minimum absolute atomic E-state index is 0.00569. The second-order valence-electron chi connectivity index (χ2n) is 4.09. The average Bonchev–Trinajstić information content (AvgIpc) is 2.18. The molecule has 0 aromatic carbocycles. The topological polar surface area (TPSA) is 55.1 Å². The predicted octanol–water partition coefficient (Wildman–Crippen LogP) is 1.19. The van der Waals surface area contributed by atoms with Crippen LogP contribution in [0.2, 0.25) is 0 Å². The maximum absolute atomic E-state index is 11.7. The van der Waals surface area contributed by atoms with Crippen LogP contribution >= 0.6 is 0 Å². The van der Waals surface area contributed by atoms with E-state index in [0.29, 0.717) is 0 Å². The first-order valence-corrected chi connectivity index (χ1v) is 5.33. The summed E-state index contributed by atoms with van der Waals surface area (Å²) in [5.41, 5.74) is 5.91. The van der Waals surface area contributed by atoms with Crippen LogP contribution in [-0.4, -0.2) is 18.0 Å². The lowest BCUT2D eigenvalue weighted by atomic mass is 9.84. The van der Waals surface area contributed by atoms with E-state index in [1.54, 1.807) is 6.08 Å². The van der Waals surface area contributed by atoms with Crippen LogP contribution in [0.1, 0.15) is 32.6 Å². The second kappa shape index (κ2) is 5.15. The Morgan fingerprint density at radius 3 is 2.79 bits per heavy atom. The van der Waals surface area contributed by atoms with Gasteiger partial charge in [0.05, 0.1) is 5.92 Å². The van der Waals surface area contributed by atoms with E-state index < -0.39 is 0 Å². The zero-order valence-corrected chi connectivity index (χ0v) is 8.83. The Hall–Kier alpha value is -0.830. The fourth-order valence-corrected chi connectivity index (χ4v) is 1.88. The number of carbonyl (C=O) groups is 1. The van der Waals surface area contributed by atoms with Gasteiger partial charge in [-0.2, -0.15) is 0 Å². The zero-order chi connectivity index (χ0) is 10.6. The quantitative estimate of drug-likeness (QED) is 0.666. The van der Waals surface area contributed by atoms with Gasteiger partial charge in [0.25, 0.3) is 0 Å². The Balaban J connectivity index is 2.45. The Kier molecular flexibility index (Phi) is 4.14. The van der Waals surface area contributed by atoms with Crippen molar-refractivity contribution in [3.8, 4) is 0 Å². The summed E-state index contributed by atoms with van der Waals surface area (Å²) in [4.78, 5) is 11.7. The van der Waals surface area contributed by atoms with E-state index in [-0.39, 0.29) is 23.9 Å². The molecule has 3 unspecified atom stereocenters. The third-order valence-electron chi connectivity index (χ3n) is 2.88. The molecular weight excluding hydrogens is 176 g/mol. The van der Waals surface area contributed by atoms with Gasteiger partial charge in [-0.15, -0.1) is 6.58 Å². The lowest BCUT2D eigenvalue weighted by Crippen LogP contribution is -2.45. The van der Waals surface area contributed by atoms with Crippen LogP contribution < -0.4 is 11.1 Å². The van der Waals surface area contributed by atoms with Crippen molar-refractivity contribution in [1.82, 2.24) is 5.32 Å². The molecular formula is C11H20N2O. The van der Waals surface area contributed by atoms with Gasteiger partial charge in [-0.25, -0.2) is 0 Å². The Morgan fingerprint density at radius 2 is 2.21 bits per heavy atom. The molecule has 0 heterocycles. The molecule has 80 valence electrons. The molecule has 3 heteroatoms. The van der Waals surface area contributed by atoms with Gasteiger partial charge in [0.2, 0.25) is 5.91 Å².